The maximum atomic E-state index is 6.06. The van der Waals surface area contributed by atoms with Gasteiger partial charge in [-0.3, -0.25) is 5.01 Å². The fourth-order valence-electron chi connectivity index (χ4n) is 1.77. The number of nitrogens with zero attached hydrogens (tertiary/aromatic N) is 5. The molecule has 18 heavy (non-hydrogen) atoms. The molecule has 0 spiro atoms. The van der Waals surface area contributed by atoms with E-state index in [0.717, 1.165) is 11.3 Å². The van der Waals surface area contributed by atoms with E-state index in [0.29, 0.717) is 23.4 Å². The lowest BCUT2D eigenvalue weighted by Crippen LogP contribution is -2.14. The summed E-state index contributed by atoms with van der Waals surface area (Å²) in [5.41, 5.74) is 9.13. The second kappa shape index (κ2) is 3.97. The molecule has 90 valence electrons. The summed E-state index contributed by atoms with van der Waals surface area (Å²) in [4.78, 5) is 4.29. The van der Waals surface area contributed by atoms with E-state index in [1.54, 1.807) is 11.1 Å². The van der Waals surface area contributed by atoms with Crippen molar-refractivity contribution in [3.05, 3.63) is 29.6 Å². The van der Waals surface area contributed by atoms with Crippen molar-refractivity contribution in [3.63, 3.8) is 0 Å². The molecule has 1 aliphatic heterocycles. The van der Waals surface area contributed by atoms with Crippen molar-refractivity contribution in [1.82, 2.24) is 20.3 Å². The number of fused-ring (bicyclic) bond motifs is 1. The molecule has 2 aromatic rings. The van der Waals surface area contributed by atoms with Crippen molar-refractivity contribution >= 4 is 22.7 Å². The van der Waals surface area contributed by atoms with Gasteiger partial charge in [0.15, 0.2) is 5.52 Å². The molecule has 0 unspecified atom stereocenters. The maximum absolute atomic E-state index is 6.06. The van der Waals surface area contributed by atoms with Crippen molar-refractivity contribution in [2.45, 2.75) is 13.5 Å². The first-order valence-electron chi connectivity index (χ1n) is 5.36. The van der Waals surface area contributed by atoms with Crippen LogP contribution in [0.1, 0.15) is 11.3 Å². The monoisotopic (exact) mass is 242 g/mol. The topological polar surface area (TPSA) is 93.4 Å². The van der Waals surface area contributed by atoms with Crippen LogP contribution in [0, 0.1) is 6.92 Å². The lowest BCUT2D eigenvalue weighted by Gasteiger charge is -2.16. The summed E-state index contributed by atoms with van der Waals surface area (Å²) in [5.74, 6) is 2.76. The standard InChI is InChI=1S/C11H10N6O/c1-7-8(6-17-5-3-2-4-13-17)9(12)10-11(14-7)16-18-15-10/h2-3,5H,6,12H2,1H3. The van der Waals surface area contributed by atoms with Crippen LogP contribution >= 0.6 is 0 Å². The Morgan fingerprint density at radius 2 is 2.33 bits per heavy atom. The van der Waals surface area contributed by atoms with Crippen LogP contribution in [0.5, 0.6) is 0 Å². The summed E-state index contributed by atoms with van der Waals surface area (Å²) in [6.07, 6.45) is 5.42. The summed E-state index contributed by atoms with van der Waals surface area (Å²) < 4.78 is 4.63. The zero-order valence-corrected chi connectivity index (χ0v) is 9.66. The second-order valence-electron chi connectivity index (χ2n) is 3.86. The van der Waals surface area contributed by atoms with Crippen LogP contribution < -0.4 is 5.73 Å². The highest BCUT2D eigenvalue weighted by molar-refractivity contribution is 5.85. The number of anilines is 1. The number of nitrogens with two attached hydrogens (primary N) is 1. The Labute approximate surface area is 102 Å². The Hall–Kier alpha value is -2.66. The zero-order chi connectivity index (χ0) is 12.5. The molecule has 7 heteroatoms. The molecule has 3 heterocycles. The zero-order valence-electron chi connectivity index (χ0n) is 9.66. The summed E-state index contributed by atoms with van der Waals surface area (Å²) in [7, 11) is 0. The van der Waals surface area contributed by atoms with Gasteiger partial charge in [0, 0.05) is 29.4 Å². The molecule has 2 N–H and O–H groups in total. The molecule has 0 aromatic carbocycles. The van der Waals surface area contributed by atoms with E-state index in [-0.39, 0.29) is 0 Å². The minimum atomic E-state index is 0.423. The fraction of sp³-hybridized carbons (Fsp3) is 0.182. The van der Waals surface area contributed by atoms with E-state index in [2.05, 4.69) is 30.9 Å². The van der Waals surface area contributed by atoms with Gasteiger partial charge in [-0.15, -0.1) is 5.10 Å². The predicted molar refractivity (Wildman–Crippen MR) is 65.4 cm³/mol. The van der Waals surface area contributed by atoms with Crippen LogP contribution in [0.25, 0.3) is 11.2 Å². The van der Waals surface area contributed by atoms with Gasteiger partial charge in [0.25, 0.3) is 0 Å². The third-order valence-electron chi connectivity index (χ3n) is 2.70. The first-order valence-corrected chi connectivity index (χ1v) is 5.36. The first-order chi connectivity index (χ1) is 8.75. The average Bonchev–Trinajstić information content (AvgIpc) is 2.84. The van der Waals surface area contributed by atoms with Gasteiger partial charge in [-0.1, -0.05) is 0 Å². The summed E-state index contributed by atoms with van der Waals surface area (Å²) in [6.45, 7) is 2.37. The van der Waals surface area contributed by atoms with Crippen molar-refractivity contribution in [1.29, 1.82) is 0 Å². The van der Waals surface area contributed by atoms with Gasteiger partial charge >= 0.3 is 0 Å². The molecule has 3 rings (SSSR count). The predicted octanol–water partition coefficient (Wildman–Crippen LogP) is 0.979. The van der Waals surface area contributed by atoms with Gasteiger partial charge in [-0.05, 0) is 23.3 Å². The van der Waals surface area contributed by atoms with E-state index < -0.39 is 0 Å². The van der Waals surface area contributed by atoms with Crippen molar-refractivity contribution < 1.29 is 4.63 Å². The number of hydrogen-bond donors (Lipinski definition) is 1. The Bertz CT molecular complexity index is 695. The molecule has 1 aliphatic rings. The van der Waals surface area contributed by atoms with Gasteiger partial charge < -0.3 is 5.73 Å². The first kappa shape index (κ1) is 10.5. The minimum Gasteiger partial charge on any atom is -0.396 e. The van der Waals surface area contributed by atoms with E-state index in [1.807, 2.05) is 19.2 Å². The molecule has 0 saturated carbocycles. The molecule has 0 bridgehead atoms. The molecule has 0 radical (unpaired) electrons. The highest BCUT2D eigenvalue weighted by Crippen LogP contribution is 2.24. The third kappa shape index (κ3) is 1.63. The molecule has 7 nitrogen and oxygen atoms in total. The van der Waals surface area contributed by atoms with Crippen molar-refractivity contribution in [2.75, 3.05) is 5.73 Å². The van der Waals surface area contributed by atoms with Crippen LogP contribution in [0.2, 0.25) is 0 Å². The number of pyridine rings is 1. The molecular formula is C11H10N6O. The van der Waals surface area contributed by atoms with E-state index in [4.69, 9.17) is 5.73 Å². The van der Waals surface area contributed by atoms with Gasteiger partial charge in [-0.2, -0.15) is 0 Å². The third-order valence-corrected chi connectivity index (χ3v) is 2.70. The van der Waals surface area contributed by atoms with Crippen molar-refractivity contribution in [3.8, 4) is 0 Å². The summed E-state index contributed by atoms with van der Waals surface area (Å²) >= 11 is 0. The molecule has 0 amide bonds. The molecule has 2 aromatic heterocycles. The maximum Gasteiger partial charge on any atom is 0.226 e. The second-order valence-corrected chi connectivity index (χ2v) is 3.86. The highest BCUT2D eigenvalue weighted by atomic mass is 16.6. The van der Waals surface area contributed by atoms with Crippen LogP contribution in [0.4, 0.5) is 5.69 Å². The van der Waals surface area contributed by atoms with Crippen LogP contribution in [0.3, 0.4) is 0 Å². The quantitative estimate of drug-likeness (QED) is 0.843. The highest BCUT2D eigenvalue weighted by Gasteiger charge is 2.15. The van der Waals surface area contributed by atoms with Crippen LogP contribution in [0.15, 0.2) is 28.1 Å². The number of nitrogen functional groups attached to an aromatic ring is 1. The Morgan fingerprint density at radius 3 is 3.11 bits per heavy atom. The van der Waals surface area contributed by atoms with Gasteiger partial charge in [-0.25, -0.2) is 9.61 Å². The van der Waals surface area contributed by atoms with E-state index >= 15 is 0 Å². The lowest BCUT2D eigenvalue weighted by atomic mass is 10.1. The molecular weight excluding hydrogens is 232 g/mol. The number of hydrazone groups is 1. The molecule has 0 atom stereocenters. The number of aromatic nitrogens is 3. The Morgan fingerprint density at radius 1 is 1.44 bits per heavy atom. The SMILES string of the molecule is Cc1nc2nonc2c(N)c1CN1C=CC=C=N1. The average molecular weight is 242 g/mol. The van der Waals surface area contributed by atoms with E-state index in [9.17, 15) is 0 Å². The smallest absolute Gasteiger partial charge is 0.226 e. The normalized spacial score (nSPS) is 13.7. The summed E-state index contributed by atoms with van der Waals surface area (Å²) in [5, 5.41) is 13.2. The van der Waals surface area contributed by atoms with Crippen LogP contribution in [-0.4, -0.2) is 26.2 Å². The van der Waals surface area contributed by atoms with Crippen LogP contribution in [-0.2, 0) is 6.54 Å². The largest absolute Gasteiger partial charge is 0.396 e. The molecule has 0 aliphatic carbocycles. The van der Waals surface area contributed by atoms with Gasteiger partial charge in [0.05, 0.1) is 12.2 Å². The van der Waals surface area contributed by atoms with Gasteiger partial charge in [0.1, 0.15) is 0 Å². The minimum absolute atomic E-state index is 0.423. The number of hydrogen-bond acceptors (Lipinski definition) is 7. The Balaban J connectivity index is 2.05. The number of aryl methyl sites for hydroxylation is 1. The summed E-state index contributed by atoms with van der Waals surface area (Å²) in [6, 6.07) is 0. The van der Waals surface area contributed by atoms with Crippen molar-refractivity contribution in [2.24, 2.45) is 5.10 Å². The van der Waals surface area contributed by atoms with E-state index in [1.165, 1.54) is 0 Å². The molecule has 0 fully saturated rings. The number of allylic oxidation sites excluding steroid dienone is 2. The van der Waals surface area contributed by atoms with Gasteiger partial charge in [0.2, 0.25) is 5.65 Å². The number of rotatable bonds is 2. The molecule has 0 saturated heterocycles. The Kier molecular flexibility index (Phi) is 2.32. The lowest BCUT2D eigenvalue weighted by molar-refractivity contribution is 0.315. The fourth-order valence-corrected chi connectivity index (χ4v) is 1.77.